The van der Waals surface area contributed by atoms with E-state index in [0.29, 0.717) is 10.8 Å². The van der Waals surface area contributed by atoms with Gasteiger partial charge in [-0.25, -0.2) is 0 Å². The largest absolute Gasteiger partial charge is 0.489 e. The maximum atomic E-state index is 9.52. The van der Waals surface area contributed by atoms with Crippen LogP contribution in [-0.2, 0) is 0 Å². The Morgan fingerprint density at radius 2 is 2.12 bits per heavy atom. The predicted octanol–water partition coefficient (Wildman–Crippen LogP) is 2.51. The Balaban J connectivity index is 2.76. The van der Waals surface area contributed by atoms with Crippen molar-refractivity contribution in [1.82, 2.24) is 0 Å². The van der Waals surface area contributed by atoms with Gasteiger partial charge in [0.05, 0.1) is 10.6 Å². The lowest BCUT2D eigenvalue weighted by Gasteiger charge is -2.18. The van der Waals surface area contributed by atoms with Crippen LogP contribution in [0, 0.1) is 0 Å². The Morgan fingerprint density at radius 3 is 2.56 bits per heavy atom. The van der Waals surface area contributed by atoms with Crippen molar-refractivity contribution in [3.8, 4) is 5.75 Å². The van der Waals surface area contributed by atoms with Crippen LogP contribution in [0.1, 0.15) is 32.4 Å². The minimum Gasteiger partial charge on any atom is -0.489 e. The number of ether oxygens (including phenoxy) is 1. The highest BCUT2D eigenvalue weighted by Crippen LogP contribution is 2.27. The van der Waals surface area contributed by atoms with E-state index in [9.17, 15) is 5.11 Å². The molecule has 1 atom stereocenters. The van der Waals surface area contributed by atoms with Crippen molar-refractivity contribution in [2.75, 3.05) is 6.61 Å². The van der Waals surface area contributed by atoms with E-state index in [2.05, 4.69) is 0 Å². The summed E-state index contributed by atoms with van der Waals surface area (Å²) >= 11 is 6.04. The standard InChI is InChI=1S/C12H18ClNO2/c1-8(14)9-4-5-11(10(13)6-9)16-7-12(2,3)15/h4-6,8,15H,7,14H2,1-3H3. The van der Waals surface area contributed by atoms with Gasteiger partial charge in [-0.05, 0) is 38.5 Å². The van der Waals surface area contributed by atoms with Crippen molar-refractivity contribution in [3.63, 3.8) is 0 Å². The van der Waals surface area contributed by atoms with E-state index in [4.69, 9.17) is 22.1 Å². The molecule has 0 amide bonds. The molecule has 0 saturated carbocycles. The lowest BCUT2D eigenvalue weighted by atomic mass is 10.1. The smallest absolute Gasteiger partial charge is 0.138 e. The SMILES string of the molecule is CC(N)c1ccc(OCC(C)(C)O)c(Cl)c1. The summed E-state index contributed by atoms with van der Waals surface area (Å²) in [6.07, 6.45) is 0. The fraction of sp³-hybridized carbons (Fsp3) is 0.500. The van der Waals surface area contributed by atoms with E-state index in [1.54, 1.807) is 26.0 Å². The van der Waals surface area contributed by atoms with Crippen LogP contribution >= 0.6 is 11.6 Å². The molecule has 1 unspecified atom stereocenters. The predicted molar refractivity (Wildman–Crippen MR) is 65.8 cm³/mol. The second-order valence-electron chi connectivity index (χ2n) is 4.58. The third-order valence-corrected chi connectivity index (χ3v) is 2.36. The maximum Gasteiger partial charge on any atom is 0.138 e. The zero-order valence-electron chi connectivity index (χ0n) is 9.83. The highest BCUT2D eigenvalue weighted by molar-refractivity contribution is 6.32. The molecule has 0 bridgehead atoms. The van der Waals surface area contributed by atoms with Crippen LogP contribution in [0.15, 0.2) is 18.2 Å². The highest BCUT2D eigenvalue weighted by atomic mass is 35.5. The molecule has 0 heterocycles. The average molecular weight is 244 g/mol. The van der Waals surface area contributed by atoms with E-state index in [0.717, 1.165) is 5.56 Å². The van der Waals surface area contributed by atoms with E-state index in [-0.39, 0.29) is 12.6 Å². The number of halogens is 1. The van der Waals surface area contributed by atoms with Crippen molar-refractivity contribution >= 4 is 11.6 Å². The molecule has 0 spiro atoms. The molecule has 1 rings (SSSR count). The molecule has 90 valence electrons. The van der Waals surface area contributed by atoms with Gasteiger partial charge in [0.2, 0.25) is 0 Å². The van der Waals surface area contributed by atoms with Crippen LogP contribution in [0.4, 0.5) is 0 Å². The Morgan fingerprint density at radius 1 is 1.50 bits per heavy atom. The Hall–Kier alpha value is -0.770. The molecule has 16 heavy (non-hydrogen) atoms. The van der Waals surface area contributed by atoms with Gasteiger partial charge in [0.15, 0.2) is 0 Å². The number of benzene rings is 1. The molecule has 0 aliphatic rings. The molecule has 3 nitrogen and oxygen atoms in total. The topological polar surface area (TPSA) is 55.5 Å². The molecular formula is C12H18ClNO2. The van der Waals surface area contributed by atoms with Crippen LogP contribution in [0.3, 0.4) is 0 Å². The van der Waals surface area contributed by atoms with Gasteiger partial charge >= 0.3 is 0 Å². The molecule has 0 aliphatic heterocycles. The van der Waals surface area contributed by atoms with Gasteiger partial charge in [0, 0.05) is 6.04 Å². The third-order valence-electron chi connectivity index (χ3n) is 2.06. The second-order valence-corrected chi connectivity index (χ2v) is 4.99. The lowest BCUT2D eigenvalue weighted by molar-refractivity contribution is 0.0285. The summed E-state index contributed by atoms with van der Waals surface area (Å²) in [5, 5.41) is 10.0. The van der Waals surface area contributed by atoms with Crippen LogP contribution in [-0.4, -0.2) is 17.3 Å². The van der Waals surface area contributed by atoms with Crippen molar-refractivity contribution in [2.24, 2.45) is 5.73 Å². The summed E-state index contributed by atoms with van der Waals surface area (Å²) in [5.74, 6) is 0.563. The number of aliphatic hydroxyl groups is 1. The molecule has 4 heteroatoms. The van der Waals surface area contributed by atoms with Crippen molar-refractivity contribution in [2.45, 2.75) is 32.4 Å². The zero-order valence-corrected chi connectivity index (χ0v) is 10.6. The summed E-state index contributed by atoms with van der Waals surface area (Å²) in [5.41, 5.74) is 5.82. The van der Waals surface area contributed by atoms with Crippen LogP contribution < -0.4 is 10.5 Å². The first-order valence-corrected chi connectivity index (χ1v) is 5.57. The monoisotopic (exact) mass is 243 g/mol. The van der Waals surface area contributed by atoms with Crippen LogP contribution in [0.2, 0.25) is 5.02 Å². The molecule has 0 aliphatic carbocycles. The first-order chi connectivity index (χ1) is 7.29. The molecule has 0 radical (unpaired) electrons. The first kappa shape index (κ1) is 13.3. The van der Waals surface area contributed by atoms with Gasteiger partial charge in [-0.3, -0.25) is 0 Å². The molecule has 1 aromatic carbocycles. The molecule has 0 aromatic heterocycles. The molecular weight excluding hydrogens is 226 g/mol. The summed E-state index contributed by atoms with van der Waals surface area (Å²) in [6.45, 7) is 5.45. The van der Waals surface area contributed by atoms with Gasteiger partial charge < -0.3 is 15.6 Å². The normalized spacial score (nSPS) is 13.6. The summed E-state index contributed by atoms with van der Waals surface area (Å²) in [7, 11) is 0. The number of nitrogens with two attached hydrogens (primary N) is 1. The fourth-order valence-electron chi connectivity index (χ4n) is 1.17. The quantitative estimate of drug-likeness (QED) is 0.855. The highest BCUT2D eigenvalue weighted by Gasteiger charge is 2.14. The first-order valence-electron chi connectivity index (χ1n) is 5.20. The minimum absolute atomic E-state index is 0.0548. The van der Waals surface area contributed by atoms with E-state index in [1.165, 1.54) is 0 Å². The summed E-state index contributed by atoms with van der Waals surface area (Å²) in [6, 6.07) is 5.37. The molecule has 0 saturated heterocycles. The Bertz CT molecular complexity index is 359. The second kappa shape index (κ2) is 5.04. The van der Waals surface area contributed by atoms with Crippen LogP contribution in [0.5, 0.6) is 5.75 Å². The van der Waals surface area contributed by atoms with E-state index < -0.39 is 5.60 Å². The van der Waals surface area contributed by atoms with Gasteiger partial charge in [0.1, 0.15) is 12.4 Å². The van der Waals surface area contributed by atoms with Crippen molar-refractivity contribution < 1.29 is 9.84 Å². The number of rotatable bonds is 4. The summed E-state index contributed by atoms with van der Waals surface area (Å²) in [4.78, 5) is 0. The minimum atomic E-state index is -0.872. The van der Waals surface area contributed by atoms with E-state index in [1.807, 2.05) is 13.0 Å². The summed E-state index contributed by atoms with van der Waals surface area (Å²) < 4.78 is 5.41. The van der Waals surface area contributed by atoms with Crippen LogP contribution in [0.25, 0.3) is 0 Å². The van der Waals surface area contributed by atoms with Gasteiger partial charge in [-0.15, -0.1) is 0 Å². The molecule has 3 N–H and O–H groups in total. The lowest BCUT2D eigenvalue weighted by Crippen LogP contribution is -2.27. The fourth-order valence-corrected chi connectivity index (χ4v) is 1.42. The van der Waals surface area contributed by atoms with Crippen molar-refractivity contribution in [3.05, 3.63) is 28.8 Å². The number of hydrogen-bond acceptors (Lipinski definition) is 3. The van der Waals surface area contributed by atoms with Gasteiger partial charge in [0.25, 0.3) is 0 Å². The van der Waals surface area contributed by atoms with Gasteiger partial charge in [-0.1, -0.05) is 17.7 Å². The third kappa shape index (κ3) is 4.00. The Labute approximate surface area is 101 Å². The Kier molecular flexibility index (Phi) is 4.19. The van der Waals surface area contributed by atoms with E-state index >= 15 is 0 Å². The van der Waals surface area contributed by atoms with Gasteiger partial charge in [-0.2, -0.15) is 0 Å². The molecule has 0 fully saturated rings. The van der Waals surface area contributed by atoms with Crippen molar-refractivity contribution in [1.29, 1.82) is 0 Å². The average Bonchev–Trinajstić information content (AvgIpc) is 2.14. The maximum absolute atomic E-state index is 9.52. The molecule has 1 aromatic rings. The zero-order chi connectivity index (χ0) is 12.3. The number of hydrogen-bond donors (Lipinski definition) is 2.